The Morgan fingerprint density at radius 3 is 2.13 bits per heavy atom. The Kier molecular flexibility index (Phi) is 7.67. The van der Waals surface area contributed by atoms with Crippen LogP contribution in [0.2, 0.25) is 0 Å². The molecule has 0 aliphatic heterocycles. The number of ether oxygens (including phenoxy) is 1. The molecule has 6 nitrogen and oxygen atoms in total. The van der Waals surface area contributed by atoms with Crippen molar-refractivity contribution in [3.8, 4) is 5.75 Å². The molecule has 0 saturated heterocycles. The standard InChI is InChI=1S/C24H26N2O4S/c1-2-26(21-10-5-3-6-11-21)31(28,29)23-16-14-20(15-17-23)24(27)25-18-9-19-30-22-12-7-4-8-13-22/h3-8,10-17H,2,9,18-19H2,1H3,(H,25,27). The lowest BCUT2D eigenvalue weighted by atomic mass is 10.2. The van der Waals surface area contributed by atoms with Crippen LogP contribution >= 0.6 is 0 Å². The molecule has 0 aliphatic carbocycles. The van der Waals surface area contributed by atoms with Gasteiger partial charge in [0.1, 0.15) is 5.75 Å². The molecule has 0 fully saturated rings. The quantitative estimate of drug-likeness (QED) is 0.484. The highest BCUT2D eigenvalue weighted by molar-refractivity contribution is 7.92. The molecule has 0 spiro atoms. The monoisotopic (exact) mass is 438 g/mol. The Labute approximate surface area is 183 Å². The van der Waals surface area contributed by atoms with Crippen molar-refractivity contribution >= 4 is 21.6 Å². The number of carbonyl (C=O) groups excluding carboxylic acids is 1. The van der Waals surface area contributed by atoms with Crippen LogP contribution in [-0.4, -0.2) is 34.0 Å². The van der Waals surface area contributed by atoms with E-state index in [4.69, 9.17) is 4.74 Å². The van der Waals surface area contributed by atoms with E-state index in [1.165, 1.54) is 28.6 Å². The second-order valence-corrected chi connectivity index (χ2v) is 8.66. The SMILES string of the molecule is CCN(c1ccccc1)S(=O)(=O)c1ccc(C(=O)NCCCOc2ccccc2)cc1. The summed E-state index contributed by atoms with van der Waals surface area (Å²) in [5.74, 6) is 0.543. The van der Waals surface area contributed by atoms with Gasteiger partial charge < -0.3 is 10.1 Å². The first-order valence-corrected chi connectivity index (χ1v) is 11.6. The van der Waals surface area contributed by atoms with Crippen LogP contribution in [0.1, 0.15) is 23.7 Å². The van der Waals surface area contributed by atoms with Gasteiger partial charge >= 0.3 is 0 Å². The molecule has 3 aromatic carbocycles. The molecule has 0 saturated carbocycles. The molecule has 7 heteroatoms. The van der Waals surface area contributed by atoms with Crippen LogP contribution in [0, 0.1) is 0 Å². The maximum atomic E-state index is 13.0. The molecule has 1 amide bonds. The van der Waals surface area contributed by atoms with Crippen LogP contribution < -0.4 is 14.4 Å². The van der Waals surface area contributed by atoms with Gasteiger partial charge in [0, 0.05) is 18.7 Å². The summed E-state index contributed by atoms with van der Waals surface area (Å²) >= 11 is 0. The smallest absolute Gasteiger partial charge is 0.264 e. The van der Waals surface area contributed by atoms with Crippen LogP contribution in [0.25, 0.3) is 0 Å². The first kappa shape index (κ1) is 22.4. The third-order valence-corrected chi connectivity index (χ3v) is 6.57. The van der Waals surface area contributed by atoms with Gasteiger partial charge in [0.2, 0.25) is 0 Å². The van der Waals surface area contributed by atoms with Gasteiger partial charge in [-0.05, 0) is 61.9 Å². The fourth-order valence-corrected chi connectivity index (χ4v) is 4.55. The number of sulfonamides is 1. The minimum absolute atomic E-state index is 0.144. The van der Waals surface area contributed by atoms with Crippen LogP contribution in [0.4, 0.5) is 5.69 Å². The van der Waals surface area contributed by atoms with Gasteiger partial charge in [-0.2, -0.15) is 0 Å². The molecule has 0 bridgehead atoms. The number of anilines is 1. The number of hydrogen-bond donors (Lipinski definition) is 1. The molecule has 0 atom stereocenters. The van der Waals surface area contributed by atoms with E-state index in [2.05, 4.69) is 5.32 Å². The zero-order valence-electron chi connectivity index (χ0n) is 17.4. The molecular formula is C24H26N2O4S. The summed E-state index contributed by atoms with van der Waals surface area (Å²) in [5, 5.41) is 2.82. The minimum atomic E-state index is -3.71. The second kappa shape index (κ2) is 10.6. The second-order valence-electron chi connectivity index (χ2n) is 6.80. The van der Waals surface area contributed by atoms with E-state index in [0.29, 0.717) is 37.4 Å². The first-order chi connectivity index (χ1) is 15.0. The number of carbonyl (C=O) groups is 1. The van der Waals surface area contributed by atoms with Crippen molar-refractivity contribution in [1.82, 2.24) is 5.32 Å². The highest BCUT2D eigenvalue weighted by Crippen LogP contribution is 2.23. The molecule has 3 rings (SSSR count). The highest BCUT2D eigenvalue weighted by Gasteiger charge is 2.23. The molecule has 0 unspecified atom stereocenters. The molecule has 0 aliphatic rings. The van der Waals surface area contributed by atoms with Gasteiger partial charge in [-0.1, -0.05) is 36.4 Å². The number of nitrogens with zero attached hydrogens (tertiary/aromatic N) is 1. The lowest BCUT2D eigenvalue weighted by molar-refractivity contribution is 0.0951. The van der Waals surface area contributed by atoms with Crippen LogP contribution in [-0.2, 0) is 10.0 Å². The Bertz CT molecular complexity index is 1070. The third-order valence-electron chi connectivity index (χ3n) is 4.65. The molecule has 1 N–H and O–H groups in total. The van der Waals surface area contributed by atoms with E-state index >= 15 is 0 Å². The van der Waals surface area contributed by atoms with Gasteiger partial charge in [0.15, 0.2) is 0 Å². The highest BCUT2D eigenvalue weighted by atomic mass is 32.2. The van der Waals surface area contributed by atoms with Crippen LogP contribution in [0.15, 0.2) is 89.8 Å². The van der Waals surface area contributed by atoms with Gasteiger partial charge in [-0.25, -0.2) is 8.42 Å². The molecule has 0 heterocycles. The topological polar surface area (TPSA) is 75.7 Å². The Morgan fingerprint density at radius 2 is 1.52 bits per heavy atom. The van der Waals surface area contributed by atoms with E-state index < -0.39 is 10.0 Å². The lowest BCUT2D eigenvalue weighted by Gasteiger charge is -2.23. The number of benzene rings is 3. The van der Waals surface area contributed by atoms with Crippen molar-refractivity contribution in [2.45, 2.75) is 18.2 Å². The van der Waals surface area contributed by atoms with Crippen molar-refractivity contribution in [1.29, 1.82) is 0 Å². The van der Waals surface area contributed by atoms with E-state index in [9.17, 15) is 13.2 Å². The molecule has 0 radical (unpaired) electrons. The van der Waals surface area contributed by atoms with Crippen molar-refractivity contribution in [3.05, 3.63) is 90.5 Å². The van der Waals surface area contributed by atoms with E-state index in [-0.39, 0.29) is 10.8 Å². The normalized spacial score (nSPS) is 11.0. The molecular weight excluding hydrogens is 412 g/mol. The van der Waals surface area contributed by atoms with Gasteiger partial charge in [0.05, 0.1) is 17.2 Å². The summed E-state index contributed by atoms with van der Waals surface area (Å²) in [5.41, 5.74) is 1.01. The summed E-state index contributed by atoms with van der Waals surface area (Å²) in [7, 11) is -3.71. The van der Waals surface area contributed by atoms with Gasteiger partial charge in [-0.3, -0.25) is 9.10 Å². The molecule has 3 aromatic rings. The number of amides is 1. The zero-order chi connectivity index (χ0) is 22.1. The van der Waals surface area contributed by atoms with E-state index in [1.54, 1.807) is 31.2 Å². The molecule has 31 heavy (non-hydrogen) atoms. The number of para-hydroxylation sites is 2. The van der Waals surface area contributed by atoms with Crippen LogP contribution in [0.5, 0.6) is 5.75 Å². The molecule has 162 valence electrons. The maximum Gasteiger partial charge on any atom is 0.264 e. The average Bonchev–Trinajstić information content (AvgIpc) is 2.80. The van der Waals surface area contributed by atoms with Crippen molar-refractivity contribution in [2.75, 3.05) is 24.0 Å². The fraction of sp³-hybridized carbons (Fsp3) is 0.208. The van der Waals surface area contributed by atoms with Gasteiger partial charge in [-0.15, -0.1) is 0 Å². The van der Waals surface area contributed by atoms with E-state index in [1.807, 2.05) is 36.4 Å². The summed E-state index contributed by atoms with van der Waals surface area (Å²) in [6.45, 7) is 3.05. The summed E-state index contributed by atoms with van der Waals surface area (Å²) in [4.78, 5) is 12.5. The Balaban J connectivity index is 1.55. The fourth-order valence-electron chi connectivity index (χ4n) is 3.07. The maximum absolute atomic E-state index is 13.0. The average molecular weight is 439 g/mol. The largest absolute Gasteiger partial charge is 0.494 e. The predicted molar refractivity (Wildman–Crippen MR) is 122 cm³/mol. The number of nitrogens with one attached hydrogen (secondary N) is 1. The van der Waals surface area contributed by atoms with E-state index in [0.717, 1.165) is 5.75 Å². The lowest BCUT2D eigenvalue weighted by Crippen LogP contribution is -2.31. The Morgan fingerprint density at radius 1 is 0.903 bits per heavy atom. The third kappa shape index (κ3) is 5.86. The van der Waals surface area contributed by atoms with Crippen molar-refractivity contribution in [2.24, 2.45) is 0 Å². The van der Waals surface area contributed by atoms with Crippen molar-refractivity contribution in [3.63, 3.8) is 0 Å². The number of hydrogen-bond acceptors (Lipinski definition) is 4. The zero-order valence-corrected chi connectivity index (χ0v) is 18.2. The number of rotatable bonds is 10. The summed E-state index contributed by atoms with van der Waals surface area (Å²) in [6.07, 6.45) is 0.662. The Hall–Kier alpha value is -3.32. The first-order valence-electron chi connectivity index (χ1n) is 10.2. The minimum Gasteiger partial charge on any atom is -0.494 e. The van der Waals surface area contributed by atoms with Gasteiger partial charge in [0.25, 0.3) is 15.9 Å². The molecule has 0 aromatic heterocycles. The predicted octanol–water partition coefficient (Wildman–Crippen LogP) is 4.10. The van der Waals surface area contributed by atoms with Crippen LogP contribution in [0.3, 0.4) is 0 Å². The van der Waals surface area contributed by atoms with Crippen molar-refractivity contribution < 1.29 is 17.9 Å². The summed E-state index contributed by atoms with van der Waals surface area (Å²) in [6, 6.07) is 24.4. The summed E-state index contributed by atoms with van der Waals surface area (Å²) < 4.78 is 33.0.